The number of nitrogens with zero attached hydrogens (tertiary/aromatic N) is 1. The van der Waals surface area contributed by atoms with E-state index in [-0.39, 0.29) is 38.2 Å². The first-order chi connectivity index (χ1) is 23.2. The number of aliphatic imine (C=N–C) groups is 1. The van der Waals surface area contributed by atoms with Crippen LogP contribution >= 0.6 is 0 Å². The van der Waals surface area contributed by atoms with Crippen LogP contribution in [0.2, 0.25) is 0 Å². The molecule has 5 amide bonds. The third-order valence-corrected chi connectivity index (χ3v) is 7.91. The van der Waals surface area contributed by atoms with Crippen LogP contribution in [0.25, 0.3) is 0 Å². The lowest BCUT2D eigenvalue weighted by Crippen LogP contribution is -2.60. The van der Waals surface area contributed by atoms with E-state index in [2.05, 4.69) is 36.9 Å². The summed E-state index contributed by atoms with van der Waals surface area (Å²) in [6.45, 7) is 4.23. The highest BCUT2D eigenvalue weighted by Gasteiger charge is 2.34. The van der Waals surface area contributed by atoms with Crippen LogP contribution < -0.4 is 54.8 Å². The second-order valence-electron chi connectivity index (χ2n) is 12.1. The molecule has 0 aromatic rings. The minimum absolute atomic E-state index is 0.0299. The van der Waals surface area contributed by atoms with Gasteiger partial charge in [-0.15, -0.1) is 0 Å². The van der Waals surface area contributed by atoms with Crippen LogP contribution in [-0.4, -0.2) is 120 Å². The predicted molar refractivity (Wildman–Crippen MR) is 181 cm³/mol. The van der Waals surface area contributed by atoms with Gasteiger partial charge in [0, 0.05) is 6.54 Å². The third-order valence-electron chi connectivity index (χ3n) is 7.91. The first-order valence-electron chi connectivity index (χ1n) is 16.8. The van der Waals surface area contributed by atoms with E-state index in [1.807, 2.05) is 0 Å². The van der Waals surface area contributed by atoms with Crippen molar-refractivity contribution >= 4 is 41.5 Å². The number of unbranched alkanes of at least 4 members (excludes halogenated alkanes) is 2. The molecule has 1 aliphatic rings. The number of carboxylic acids is 1. The average molecular weight is 700 g/mol. The van der Waals surface area contributed by atoms with Crippen LogP contribution in [0.4, 0.5) is 0 Å². The minimum atomic E-state index is -1.34. The fourth-order valence-corrected chi connectivity index (χ4v) is 5.06. The monoisotopic (exact) mass is 699 g/mol. The summed E-state index contributed by atoms with van der Waals surface area (Å²) in [5.74, 6) is -4.82. The lowest BCUT2D eigenvalue weighted by atomic mass is 10.0. The fourth-order valence-electron chi connectivity index (χ4n) is 5.06. The Morgan fingerprint density at radius 1 is 0.755 bits per heavy atom. The maximum atomic E-state index is 13.3. The van der Waals surface area contributed by atoms with E-state index in [1.165, 1.54) is 13.8 Å². The molecule has 49 heavy (non-hydrogen) atoms. The van der Waals surface area contributed by atoms with Gasteiger partial charge in [0.25, 0.3) is 0 Å². The highest BCUT2D eigenvalue weighted by Crippen LogP contribution is 2.09. The molecule has 0 unspecified atom stereocenters. The molecule has 0 aromatic carbocycles. The van der Waals surface area contributed by atoms with Crippen molar-refractivity contribution in [2.75, 3.05) is 26.2 Å². The summed E-state index contributed by atoms with van der Waals surface area (Å²) in [7, 11) is 0. The molecule has 0 aliphatic carbocycles. The van der Waals surface area contributed by atoms with Gasteiger partial charge in [-0.3, -0.25) is 29.0 Å². The number of aliphatic hydroxyl groups excluding tert-OH is 1. The number of carbonyl (C=O) groups is 6. The molecular formula is C30H57N11O8. The van der Waals surface area contributed by atoms with Crippen molar-refractivity contribution in [1.82, 2.24) is 31.9 Å². The Kier molecular flexibility index (Phi) is 20.4. The van der Waals surface area contributed by atoms with E-state index in [0.29, 0.717) is 51.7 Å². The SMILES string of the molecule is C[C@H](NC(=O)[C@H](CCCCN)NC(=O)[C@@H](NC(=O)[C@@H]1CCCN1)[C@@H](C)O)C(=O)N[C@@H](CCCCN)C(=O)N[C@@H](CCCN=C(N)N)C(=O)O. The molecule has 1 heterocycles. The summed E-state index contributed by atoms with van der Waals surface area (Å²) in [4.78, 5) is 81.1. The summed E-state index contributed by atoms with van der Waals surface area (Å²) in [6, 6.07) is -6.56. The molecule has 1 rings (SSSR count). The van der Waals surface area contributed by atoms with Crippen molar-refractivity contribution in [2.45, 2.75) is 120 Å². The molecule has 280 valence electrons. The van der Waals surface area contributed by atoms with Crippen LogP contribution in [0.3, 0.4) is 0 Å². The second-order valence-corrected chi connectivity index (χ2v) is 12.1. The maximum absolute atomic E-state index is 13.3. The molecule has 1 fully saturated rings. The van der Waals surface area contributed by atoms with Gasteiger partial charge in [0.05, 0.1) is 12.1 Å². The Bertz CT molecular complexity index is 1110. The van der Waals surface area contributed by atoms with Gasteiger partial charge >= 0.3 is 5.97 Å². The van der Waals surface area contributed by atoms with Gasteiger partial charge in [-0.1, -0.05) is 0 Å². The molecule has 0 spiro atoms. The van der Waals surface area contributed by atoms with E-state index in [1.54, 1.807) is 0 Å². The van der Waals surface area contributed by atoms with E-state index in [4.69, 9.17) is 22.9 Å². The Hall–Kier alpha value is -4.07. The lowest BCUT2D eigenvalue weighted by Gasteiger charge is -2.27. The van der Waals surface area contributed by atoms with Crippen molar-refractivity contribution in [3.63, 3.8) is 0 Å². The van der Waals surface area contributed by atoms with Crippen LogP contribution in [0.1, 0.15) is 78.1 Å². The quantitative estimate of drug-likeness (QED) is 0.0260. The molecule has 16 N–H and O–H groups in total. The smallest absolute Gasteiger partial charge is 0.326 e. The number of carbonyl (C=O) groups excluding carboxylic acids is 5. The zero-order chi connectivity index (χ0) is 36.9. The van der Waals surface area contributed by atoms with Crippen molar-refractivity contribution in [3.8, 4) is 0 Å². The molecule has 19 heteroatoms. The van der Waals surface area contributed by atoms with E-state index >= 15 is 0 Å². The number of rotatable bonds is 24. The van der Waals surface area contributed by atoms with Crippen molar-refractivity contribution < 1.29 is 39.0 Å². The van der Waals surface area contributed by atoms with E-state index < -0.39 is 77.9 Å². The number of aliphatic hydroxyl groups is 1. The molecule has 1 saturated heterocycles. The predicted octanol–water partition coefficient (Wildman–Crippen LogP) is -4.04. The number of aliphatic carboxylic acids is 1. The lowest BCUT2D eigenvalue weighted by molar-refractivity contribution is -0.142. The van der Waals surface area contributed by atoms with Crippen LogP contribution in [0, 0.1) is 0 Å². The number of guanidine groups is 1. The van der Waals surface area contributed by atoms with Crippen molar-refractivity contribution in [1.29, 1.82) is 0 Å². The molecule has 0 bridgehead atoms. The molecule has 19 nitrogen and oxygen atoms in total. The van der Waals surface area contributed by atoms with Gasteiger partial charge in [-0.25, -0.2) is 4.79 Å². The fraction of sp³-hybridized carbons (Fsp3) is 0.767. The summed E-state index contributed by atoms with van der Waals surface area (Å²) < 4.78 is 0. The Morgan fingerprint density at radius 3 is 1.78 bits per heavy atom. The largest absolute Gasteiger partial charge is 0.480 e. The number of hydrogen-bond donors (Lipinski definition) is 12. The van der Waals surface area contributed by atoms with Gasteiger partial charge < -0.3 is 65.0 Å². The summed E-state index contributed by atoms with van der Waals surface area (Å²) >= 11 is 0. The molecular weight excluding hydrogens is 642 g/mol. The Morgan fingerprint density at radius 2 is 1.29 bits per heavy atom. The number of nitrogens with two attached hydrogens (primary N) is 4. The van der Waals surface area contributed by atoms with Crippen molar-refractivity contribution in [2.24, 2.45) is 27.9 Å². The van der Waals surface area contributed by atoms with Crippen LogP contribution in [0.15, 0.2) is 4.99 Å². The van der Waals surface area contributed by atoms with E-state index in [9.17, 15) is 39.0 Å². The first kappa shape index (κ1) is 43.0. The molecule has 0 saturated carbocycles. The summed E-state index contributed by atoms with van der Waals surface area (Å²) in [5, 5.41) is 35.6. The van der Waals surface area contributed by atoms with Gasteiger partial charge in [0.2, 0.25) is 29.5 Å². The van der Waals surface area contributed by atoms with Gasteiger partial charge in [-0.2, -0.15) is 0 Å². The van der Waals surface area contributed by atoms with Gasteiger partial charge in [0.1, 0.15) is 30.2 Å². The van der Waals surface area contributed by atoms with Crippen molar-refractivity contribution in [3.05, 3.63) is 0 Å². The van der Waals surface area contributed by atoms with E-state index in [0.717, 1.165) is 6.42 Å². The number of carboxylic acid groups (broad SMARTS) is 1. The number of nitrogens with one attached hydrogen (secondary N) is 6. The summed E-state index contributed by atoms with van der Waals surface area (Å²) in [5.41, 5.74) is 21.8. The second kappa shape index (κ2) is 23.3. The minimum Gasteiger partial charge on any atom is -0.480 e. The highest BCUT2D eigenvalue weighted by atomic mass is 16.4. The molecule has 1 aliphatic heterocycles. The third kappa shape index (κ3) is 16.7. The normalized spacial score (nSPS) is 17.7. The number of hydrogen-bond acceptors (Lipinski definition) is 11. The van der Waals surface area contributed by atoms with Gasteiger partial charge in [0.15, 0.2) is 5.96 Å². The van der Waals surface area contributed by atoms with Gasteiger partial charge in [-0.05, 0) is 97.7 Å². The number of amides is 5. The standard InChI is InChI=1S/C30H57N11O8/c1-17(24(43)38-21(10-4-6-14-32)27(46)40-22(29(48)49)12-8-16-36-30(33)34)37-26(45)20(9-3-5-13-31)39-28(47)23(18(2)42)41-25(44)19-11-7-15-35-19/h17-23,35,42H,3-16,31-32H2,1-2H3,(H,37,45)(H,38,43)(H,39,47)(H,40,46)(H,41,44)(H,48,49)(H4,33,34,36)/t17-,18+,19-,20-,21-,22-,23-/m0/s1. The molecule has 0 radical (unpaired) electrons. The molecule has 7 atom stereocenters. The maximum Gasteiger partial charge on any atom is 0.326 e. The zero-order valence-electron chi connectivity index (χ0n) is 28.5. The van der Waals surface area contributed by atoms with Crippen LogP contribution in [0.5, 0.6) is 0 Å². The first-order valence-corrected chi connectivity index (χ1v) is 16.8. The Labute approximate surface area is 286 Å². The Balaban J connectivity index is 2.97. The summed E-state index contributed by atoms with van der Waals surface area (Å²) in [6.07, 6.45) is 2.70. The molecule has 0 aromatic heterocycles. The topological polar surface area (TPSA) is 331 Å². The highest BCUT2D eigenvalue weighted by molar-refractivity contribution is 5.96. The average Bonchev–Trinajstić information content (AvgIpc) is 3.59. The zero-order valence-corrected chi connectivity index (χ0v) is 28.5. The van der Waals surface area contributed by atoms with Crippen LogP contribution in [-0.2, 0) is 28.8 Å².